The highest BCUT2D eigenvalue weighted by atomic mass is 14.2. The van der Waals surface area contributed by atoms with Crippen LogP contribution in [0.3, 0.4) is 0 Å². The Kier molecular flexibility index (Phi) is 1.04. The molecule has 0 fully saturated rings. The van der Waals surface area contributed by atoms with Crippen molar-refractivity contribution in [3.8, 4) is 0 Å². The van der Waals surface area contributed by atoms with Crippen molar-refractivity contribution in [2.75, 3.05) is 0 Å². The first-order chi connectivity index (χ1) is 3.61. The van der Waals surface area contributed by atoms with Gasteiger partial charge in [-0.3, -0.25) is 0 Å². The number of hydrogen-bond donors (Lipinski definition) is 0. The molecule has 0 unspecified atom stereocenters. The van der Waals surface area contributed by atoms with Gasteiger partial charge in [-0.1, -0.05) is 39.0 Å². The van der Waals surface area contributed by atoms with Crippen molar-refractivity contribution in [3.63, 3.8) is 0 Å². The van der Waals surface area contributed by atoms with Gasteiger partial charge in [0, 0.05) is 0 Å². The fourth-order valence-corrected chi connectivity index (χ4v) is 0.692. The van der Waals surface area contributed by atoms with E-state index >= 15 is 0 Å². The maximum atomic E-state index is 2.22. The van der Waals surface area contributed by atoms with Crippen molar-refractivity contribution < 1.29 is 0 Å². The topological polar surface area (TPSA) is 0 Å². The Morgan fingerprint density at radius 3 is 1.75 bits per heavy atom. The highest BCUT2D eigenvalue weighted by Gasteiger charge is 2.15. The molecule has 1 rings (SSSR count). The minimum atomic E-state index is 0.370. The second-order valence-corrected chi connectivity index (χ2v) is 3.23. The van der Waals surface area contributed by atoms with Crippen LogP contribution in [-0.4, -0.2) is 0 Å². The van der Waals surface area contributed by atoms with Crippen LogP contribution >= 0.6 is 0 Å². The molecule has 0 radical (unpaired) electrons. The molecule has 0 aromatic carbocycles. The summed E-state index contributed by atoms with van der Waals surface area (Å²) < 4.78 is 0. The lowest BCUT2D eigenvalue weighted by Gasteiger charge is -2.23. The third-order valence-corrected chi connectivity index (χ3v) is 1.42. The minimum Gasteiger partial charge on any atom is -0.0617 e. The van der Waals surface area contributed by atoms with Crippen molar-refractivity contribution in [1.82, 2.24) is 0 Å². The largest absolute Gasteiger partial charge is 0.0617 e. The predicted molar refractivity (Wildman–Crippen MR) is 36.7 cm³/mol. The van der Waals surface area contributed by atoms with Crippen LogP contribution in [0.15, 0.2) is 23.8 Å². The molecule has 0 heterocycles. The van der Waals surface area contributed by atoms with Gasteiger partial charge >= 0.3 is 0 Å². The molecule has 0 atom stereocenters. The average Bonchev–Trinajstić information content (AvgIpc) is 1.16. The Balaban J connectivity index is 2.61. The summed E-state index contributed by atoms with van der Waals surface area (Å²) in [4.78, 5) is 0. The lowest BCUT2D eigenvalue weighted by Crippen LogP contribution is -2.09. The highest BCUT2D eigenvalue weighted by Crippen LogP contribution is 2.29. The molecule has 0 aromatic rings. The van der Waals surface area contributed by atoms with Crippen LogP contribution in [0.4, 0.5) is 0 Å². The second-order valence-electron chi connectivity index (χ2n) is 3.23. The fraction of sp³-hybridized carbons (Fsp3) is 0.500. The van der Waals surface area contributed by atoms with E-state index in [2.05, 4.69) is 39.0 Å². The Labute approximate surface area is 50.9 Å². The first-order valence-electron chi connectivity index (χ1n) is 2.99. The van der Waals surface area contributed by atoms with Crippen LogP contribution in [-0.2, 0) is 0 Å². The summed E-state index contributed by atoms with van der Waals surface area (Å²) in [7, 11) is 0. The summed E-state index contributed by atoms with van der Waals surface area (Å²) in [5, 5.41) is 0. The standard InChI is InChI=1S/C8H12/c1-8(2,3)7-5-4-6-7/h4-6H,1-3H3. The SMILES string of the molecule is CC(C)(C)C1=CC=C1. The summed E-state index contributed by atoms with van der Waals surface area (Å²) in [6.45, 7) is 6.67. The van der Waals surface area contributed by atoms with Crippen molar-refractivity contribution in [3.05, 3.63) is 23.8 Å². The zero-order chi connectivity index (χ0) is 6.20. The van der Waals surface area contributed by atoms with Crippen molar-refractivity contribution in [2.45, 2.75) is 20.8 Å². The third kappa shape index (κ3) is 0.835. The van der Waals surface area contributed by atoms with E-state index in [1.807, 2.05) is 0 Å². The molecule has 0 aromatic heterocycles. The molecule has 0 heteroatoms. The third-order valence-electron chi connectivity index (χ3n) is 1.42. The van der Waals surface area contributed by atoms with E-state index in [1.54, 1.807) is 0 Å². The average molecular weight is 108 g/mol. The Morgan fingerprint density at radius 2 is 1.75 bits per heavy atom. The number of rotatable bonds is 0. The van der Waals surface area contributed by atoms with E-state index in [1.165, 1.54) is 5.57 Å². The molecule has 44 valence electrons. The molecule has 0 saturated carbocycles. The van der Waals surface area contributed by atoms with E-state index in [0.717, 1.165) is 0 Å². The number of allylic oxidation sites excluding steroid dienone is 4. The van der Waals surface area contributed by atoms with Crippen LogP contribution in [0.5, 0.6) is 0 Å². The molecule has 8 heavy (non-hydrogen) atoms. The zero-order valence-corrected chi connectivity index (χ0v) is 5.73. The van der Waals surface area contributed by atoms with Gasteiger partial charge in [-0.15, -0.1) is 0 Å². The molecular formula is C8H12. The summed E-state index contributed by atoms with van der Waals surface area (Å²) in [5.41, 5.74) is 1.83. The van der Waals surface area contributed by atoms with E-state index < -0.39 is 0 Å². The second kappa shape index (κ2) is 1.48. The monoisotopic (exact) mass is 108 g/mol. The van der Waals surface area contributed by atoms with E-state index in [9.17, 15) is 0 Å². The van der Waals surface area contributed by atoms with Crippen LogP contribution in [0.25, 0.3) is 0 Å². The molecule has 0 N–H and O–H groups in total. The minimum absolute atomic E-state index is 0.370. The lowest BCUT2D eigenvalue weighted by atomic mass is 9.82. The Bertz CT molecular complexity index is 142. The van der Waals surface area contributed by atoms with Crippen molar-refractivity contribution >= 4 is 0 Å². The number of hydrogen-bond acceptors (Lipinski definition) is 0. The Morgan fingerprint density at radius 1 is 1.25 bits per heavy atom. The summed E-state index contributed by atoms with van der Waals surface area (Å²) in [6, 6.07) is 0. The smallest absolute Gasteiger partial charge is 0.0132 e. The van der Waals surface area contributed by atoms with E-state index in [4.69, 9.17) is 0 Å². The molecule has 0 bridgehead atoms. The van der Waals surface area contributed by atoms with Crippen molar-refractivity contribution in [2.24, 2.45) is 5.41 Å². The molecule has 0 nitrogen and oxygen atoms in total. The molecule has 0 spiro atoms. The Hall–Kier alpha value is -0.520. The first-order valence-corrected chi connectivity index (χ1v) is 2.99. The molecule has 1 aliphatic carbocycles. The molecule has 1 aliphatic rings. The van der Waals surface area contributed by atoms with Gasteiger partial charge in [-0.25, -0.2) is 0 Å². The van der Waals surface area contributed by atoms with E-state index in [-0.39, 0.29) is 0 Å². The quantitative estimate of drug-likeness (QED) is 0.447. The summed E-state index contributed by atoms with van der Waals surface area (Å²) >= 11 is 0. The van der Waals surface area contributed by atoms with Crippen LogP contribution in [0.1, 0.15) is 20.8 Å². The zero-order valence-electron chi connectivity index (χ0n) is 5.73. The molecular weight excluding hydrogens is 96.1 g/mol. The summed E-state index contributed by atoms with van der Waals surface area (Å²) in [6.07, 6.45) is 6.42. The highest BCUT2D eigenvalue weighted by molar-refractivity contribution is 5.38. The van der Waals surface area contributed by atoms with Gasteiger partial charge < -0.3 is 0 Å². The summed E-state index contributed by atoms with van der Waals surface area (Å²) in [5.74, 6) is 0. The van der Waals surface area contributed by atoms with Gasteiger partial charge in [0.15, 0.2) is 0 Å². The van der Waals surface area contributed by atoms with Gasteiger partial charge in [-0.05, 0) is 11.0 Å². The van der Waals surface area contributed by atoms with Crippen LogP contribution < -0.4 is 0 Å². The van der Waals surface area contributed by atoms with Gasteiger partial charge in [-0.2, -0.15) is 0 Å². The maximum Gasteiger partial charge on any atom is -0.0132 e. The molecule has 0 amide bonds. The van der Waals surface area contributed by atoms with Gasteiger partial charge in [0.1, 0.15) is 0 Å². The van der Waals surface area contributed by atoms with E-state index in [0.29, 0.717) is 5.41 Å². The fourth-order valence-electron chi connectivity index (χ4n) is 0.692. The first kappa shape index (κ1) is 5.61. The molecule has 0 aliphatic heterocycles. The van der Waals surface area contributed by atoms with Gasteiger partial charge in [0.2, 0.25) is 0 Å². The predicted octanol–water partition coefficient (Wildman–Crippen LogP) is 2.53. The lowest BCUT2D eigenvalue weighted by molar-refractivity contribution is 0.513. The van der Waals surface area contributed by atoms with Gasteiger partial charge in [0.25, 0.3) is 0 Å². The van der Waals surface area contributed by atoms with Crippen LogP contribution in [0, 0.1) is 5.41 Å². The van der Waals surface area contributed by atoms with Crippen molar-refractivity contribution in [1.29, 1.82) is 0 Å². The van der Waals surface area contributed by atoms with Gasteiger partial charge in [0.05, 0.1) is 0 Å². The molecule has 0 saturated heterocycles. The normalized spacial score (nSPS) is 17.6. The van der Waals surface area contributed by atoms with Crippen LogP contribution in [0.2, 0.25) is 0 Å². The maximum absolute atomic E-state index is 2.22.